The molecule has 3 nitrogen and oxygen atoms in total. The number of esters is 1. The summed E-state index contributed by atoms with van der Waals surface area (Å²) in [5, 5.41) is 0. The largest absolute Gasteiger partial charge is 0.458 e. The standard InChI is InChI=1S/C14H23NO2/c1-10-11(15-7-5-6-8-15)9-12(16)17-13(10)14(2,3)4/h9-10,13H,5-8H2,1-4H3/t10-,13-/m1/s1. The number of ether oxygens (including phenoxy) is 1. The number of hydrogen-bond acceptors (Lipinski definition) is 3. The maximum Gasteiger partial charge on any atom is 0.332 e. The zero-order chi connectivity index (χ0) is 12.6. The third-order valence-electron chi connectivity index (χ3n) is 3.75. The first-order chi connectivity index (χ1) is 7.89. The smallest absolute Gasteiger partial charge is 0.332 e. The Kier molecular flexibility index (Phi) is 3.19. The van der Waals surface area contributed by atoms with Gasteiger partial charge in [0.05, 0.1) is 0 Å². The van der Waals surface area contributed by atoms with E-state index in [2.05, 4.69) is 32.6 Å². The van der Waals surface area contributed by atoms with Gasteiger partial charge >= 0.3 is 5.97 Å². The van der Waals surface area contributed by atoms with E-state index >= 15 is 0 Å². The van der Waals surface area contributed by atoms with Crippen molar-refractivity contribution in [1.82, 2.24) is 4.90 Å². The summed E-state index contributed by atoms with van der Waals surface area (Å²) >= 11 is 0. The van der Waals surface area contributed by atoms with Gasteiger partial charge in [0, 0.05) is 30.8 Å². The first-order valence-electron chi connectivity index (χ1n) is 6.57. The van der Waals surface area contributed by atoms with Crippen molar-refractivity contribution in [3.63, 3.8) is 0 Å². The fraction of sp³-hybridized carbons (Fsp3) is 0.786. The molecule has 2 rings (SSSR count). The van der Waals surface area contributed by atoms with Crippen molar-refractivity contribution in [2.75, 3.05) is 13.1 Å². The summed E-state index contributed by atoms with van der Waals surface area (Å²) in [5.74, 6) is 0.121. The lowest BCUT2D eigenvalue weighted by molar-refractivity contribution is -0.154. The Balaban J connectivity index is 2.23. The Hall–Kier alpha value is -0.990. The number of cyclic esters (lactones) is 1. The van der Waals surface area contributed by atoms with Gasteiger partial charge < -0.3 is 9.64 Å². The van der Waals surface area contributed by atoms with Gasteiger partial charge in [-0.25, -0.2) is 4.79 Å². The summed E-state index contributed by atoms with van der Waals surface area (Å²) in [7, 11) is 0. The van der Waals surface area contributed by atoms with E-state index in [1.807, 2.05) is 0 Å². The topological polar surface area (TPSA) is 29.5 Å². The van der Waals surface area contributed by atoms with Gasteiger partial charge in [-0.1, -0.05) is 27.7 Å². The van der Waals surface area contributed by atoms with E-state index in [9.17, 15) is 4.79 Å². The van der Waals surface area contributed by atoms with Crippen LogP contribution in [-0.2, 0) is 9.53 Å². The van der Waals surface area contributed by atoms with Crippen molar-refractivity contribution in [3.05, 3.63) is 11.8 Å². The predicted molar refractivity (Wildman–Crippen MR) is 67.4 cm³/mol. The van der Waals surface area contributed by atoms with Crippen LogP contribution in [-0.4, -0.2) is 30.1 Å². The van der Waals surface area contributed by atoms with Crippen LogP contribution in [0, 0.1) is 11.3 Å². The monoisotopic (exact) mass is 237 g/mol. The average molecular weight is 237 g/mol. The van der Waals surface area contributed by atoms with Gasteiger partial charge in [-0.2, -0.15) is 0 Å². The average Bonchev–Trinajstić information content (AvgIpc) is 2.72. The minimum absolute atomic E-state index is 0.00564. The Morgan fingerprint density at radius 3 is 2.41 bits per heavy atom. The van der Waals surface area contributed by atoms with Gasteiger partial charge in [-0.3, -0.25) is 0 Å². The van der Waals surface area contributed by atoms with Crippen LogP contribution in [0.5, 0.6) is 0 Å². The number of rotatable bonds is 1. The Morgan fingerprint density at radius 2 is 1.88 bits per heavy atom. The molecule has 0 aromatic carbocycles. The maximum atomic E-state index is 11.7. The molecule has 96 valence electrons. The molecule has 2 heterocycles. The molecule has 0 aliphatic carbocycles. The second-order valence-electron chi connectivity index (χ2n) is 6.28. The molecule has 3 heteroatoms. The van der Waals surface area contributed by atoms with Crippen LogP contribution in [0.25, 0.3) is 0 Å². The van der Waals surface area contributed by atoms with E-state index in [-0.39, 0.29) is 17.5 Å². The molecule has 0 bridgehead atoms. The number of carbonyl (C=O) groups is 1. The quantitative estimate of drug-likeness (QED) is 0.656. The summed E-state index contributed by atoms with van der Waals surface area (Å²) in [5.41, 5.74) is 1.17. The molecule has 0 radical (unpaired) electrons. The molecule has 0 amide bonds. The van der Waals surface area contributed by atoms with Gasteiger partial charge in [-0.05, 0) is 18.3 Å². The molecule has 17 heavy (non-hydrogen) atoms. The second kappa shape index (κ2) is 4.35. The van der Waals surface area contributed by atoms with Gasteiger partial charge in [0.15, 0.2) is 0 Å². The third kappa shape index (κ3) is 2.48. The Morgan fingerprint density at radius 1 is 1.29 bits per heavy atom. The molecular weight excluding hydrogens is 214 g/mol. The van der Waals surface area contributed by atoms with Crippen LogP contribution in [0.3, 0.4) is 0 Å². The lowest BCUT2D eigenvalue weighted by Gasteiger charge is -2.40. The highest BCUT2D eigenvalue weighted by atomic mass is 16.5. The molecule has 2 atom stereocenters. The molecule has 2 aliphatic rings. The van der Waals surface area contributed by atoms with E-state index < -0.39 is 0 Å². The van der Waals surface area contributed by atoms with Crippen LogP contribution in [0.1, 0.15) is 40.5 Å². The Bertz CT molecular complexity index is 335. The molecule has 0 aromatic heterocycles. The van der Waals surface area contributed by atoms with Gasteiger partial charge in [0.1, 0.15) is 6.10 Å². The van der Waals surface area contributed by atoms with Gasteiger partial charge in [-0.15, -0.1) is 0 Å². The summed E-state index contributed by atoms with van der Waals surface area (Å²) in [6.45, 7) is 10.7. The first-order valence-corrected chi connectivity index (χ1v) is 6.57. The van der Waals surface area contributed by atoms with Crippen molar-refractivity contribution in [2.45, 2.75) is 46.6 Å². The highest BCUT2D eigenvalue weighted by molar-refractivity contribution is 5.84. The van der Waals surface area contributed by atoms with E-state index in [1.165, 1.54) is 18.5 Å². The lowest BCUT2D eigenvalue weighted by Crippen LogP contribution is -2.43. The SMILES string of the molecule is C[C@@H]1C(N2CCCC2)=CC(=O)O[C@H]1C(C)(C)C. The normalized spacial score (nSPS) is 30.2. The molecule has 1 fully saturated rings. The molecule has 2 aliphatic heterocycles. The van der Waals surface area contributed by atoms with Crippen LogP contribution >= 0.6 is 0 Å². The molecular formula is C14H23NO2. The van der Waals surface area contributed by atoms with Crippen molar-refractivity contribution < 1.29 is 9.53 Å². The summed E-state index contributed by atoms with van der Waals surface area (Å²) < 4.78 is 5.51. The molecule has 0 saturated carbocycles. The van der Waals surface area contributed by atoms with Crippen molar-refractivity contribution in [3.8, 4) is 0 Å². The fourth-order valence-electron chi connectivity index (χ4n) is 2.95. The van der Waals surface area contributed by atoms with Crippen molar-refractivity contribution >= 4 is 5.97 Å². The first kappa shape index (κ1) is 12.5. The number of nitrogens with zero attached hydrogens (tertiary/aromatic N) is 1. The highest BCUT2D eigenvalue weighted by Gasteiger charge is 2.39. The number of hydrogen-bond donors (Lipinski definition) is 0. The van der Waals surface area contributed by atoms with E-state index in [0.717, 1.165) is 13.1 Å². The molecule has 0 N–H and O–H groups in total. The zero-order valence-electron chi connectivity index (χ0n) is 11.3. The maximum absolute atomic E-state index is 11.7. The molecule has 0 aromatic rings. The lowest BCUT2D eigenvalue weighted by atomic mass is 9.79. The van der Waals surface area contributed by atoms with E-state index in [4.69, 9.17) is 4.74 Å². The van der Waals surface area contributed by atoms with E-state index in [0.29, 0.717) is 5.92 Å². The third-order valence-corrected chi connectivity index (χ3v) is 3.75. The fourth-order valence-corrected chi connectivity index (χ4v) is 2.95. The highest BCUT2D eigenvalue weighted by Crippen LogP contribution is 2.37. The number of carbonyl (C=O) groups excluding carboxylic acids is 1. The summed E-state index contributed by atoms with van der Waals surface area (Å²) in [6.07, 6.45) is 4.15. The summed E-state index contributed by atoms with van der Waals surface area (Å²) in [6, 6.07) is 0. The second-order valence-corrected chi connectivity index (χ2v) is 6.28. The molecule has 0 unspecified atom stereocenters. The minimum Gasteiger partial charge on any atom is -0.458 e. The van der Waals surface area contributed by atoms with Gasteiger partial charge in [0.25, 0.3) is 0 Å². The van der Waals surface area contributed by atoms with Crippen LogP contribution in [0.15, 0.2) is 11.8 Å². The molecule has 0 spiro atoms. The van der Waals surface area contributed by atoms with Crippen molar-refractivity contribution in [2.24, 2.45) is 11.3 Å². The van der Waals surface area contributed by atoms with Crippen molar-refractivity contribution in [1.29, 1.82) is 0 Å². The zero-order valence-corrected chi connectivity index (χ0v) is 11.3. The van der Waals surface area contributed by atoms with Crippen LogP contribution in [0.4, 0.5) is 0 Å². The summed E-state index contributed by atoms with van der Waals surface area (Å²) in [4.78, 5) is 14.1. The van der Waals surface area contributed by atoms with Crippen LogP contribution in [0.2, 0.25) is 0 Å². The Labute approximate surface area is 104 Å². The number of likely N-dealkylation sites (tertiary alicyclic amines) is 1. The van der Waals surface area contributed by atoms with Crippen LogP contribution < -0.4 is 0 Å². The predicted octanol–water partition coefficient (Wildman–Crippen LogP) is 2.57. The van der Waals surface area contributed by atoms with E-state index in [1.54, 1.807) is 6.08 Å². The van der Waals surface area contributed by atoms with Gasteiger partial charge in [0.2, 0.25) is 0 Å². The molecule has 1 saturated heterocycles. The minimum atomic E-state index is -0.176.